The van der Waals surface area contributed by atoms with Gasteiger partial charge >= 0.3 is 0 Å². The van der Waals surface area contributed by atoms with Crippen LogP contribution in [-0.2, 0) is 0 Å². The topological polar surface area (TPSA) is 58.6 Å². The highest BCUT2D eigenvalue weighted by Gasteiger charge is 2.00. The van der Waals surface area contributed by atoms with Crippen LogP contribution < -0.4 is 5.56 Å². The molecule has 4 heteroatoms. The highest BCUT2D eigenvalue weighted by molar-refractivity contribution is 5.76. The van der Waals surface area contributed by atoms with Crippen molar-refractivity contribution in [3.63, 3.8) is 0 Å². The summed E-state index contributed by atoms with van der Waals surface area (Å²) in [7, 11) is 0. The molecular weight excluding hydrogens is 238 g/mol. The summed E-state index contributed by atoms with van der Waals surface area (Å²) in [6.07, 6.45) is 6.95. The first-order valence-corrected chi connectivity index (χ1v) is 5.90. The lowest BCUT2D eigenvalue weighted by molar-refractivity contribution is 1.19. The predicted molar refractivity (Wildman–Crippen MR) is 75.5 cm³/mol. The number of nitrogens with one attached hydrogen (secondary N) is 1. The summed E-state index contributed by atoms with van der Waals surface area (Å²) in [5.74, 6) is 0. The molecule has 0 aliphatic rings. The number of rotatable bonds is 2. The molecule has 0 spiro atoms. The molecule has 0 bridgehead atoms. The van der Waals surface area contributed by atoms with Crippen molar-refractivity contribution in [3.8, 4) is 0 Å². The van der Waals surface area contributed by atoms with Crippen molar-refractivity contribution in [2.45, 2.75) is 0 Å². The van der Waals surface area contributed by atoms with Crippen LogP contribution in [0.2, 0.25) is 0 Å². The smallest absolute Gasteiger partial charge is 0.274 e. The zero-order valence-electron chi connectivity index (χ0n) is 10.1. The monoisotopic (exact) mass is 249 g/mol. The zero-order chi connectivity index (χ0) is 13.1. The van der Waals surface area contributed by atoms with Gasteiger partial charge in [-0.2, -0.15) is 0 Å². The third kappa shape index (κ3) is 2.42. The van der Waals surface area contributed by atoms with E-state index in [1.54, 1.807) is 18.5 Å². The fourth-order valence-electron chi connectivity index (χ4n) is 1.81. The molecule has 0 aliphatic heterocycles. The molecule has 0 unspecified atom stereocenters. The van der Waals surface area contributed by atoms with Gasteiger partial charge in [0, 0.05) is 12.4 Å². The standard InChI is InChI=1S/C15H11N3O/c19-15-14(8-7-11-4-3-9-16-10-11)17-12-5-1-2-6-13(12)18-15/h1-10H,(H,18,19). The second-order valence-corrected chi connectivity index (χ2v) is 4.09. The second kappa shape index (κ2) is 4.86. The van der Waals surface area contributed by atoms with Gasteiger partial charge in [-0.3, -0.25) is 9.78 Å². The number of benzene rings is 1. The van der Waals surface area contributed by atoms with E-state index in [2.05, 4.69) is 15.0 Å². The Morgan fingerprint density at radius 1 is 1.05 bits per heavy atom. The summed E-state index contributed by atoms with van der Waals surface area (Å²) >= 11 is 0. The maximum Gasteiger partial charge on any atom is 0.274 e. The van der Waals surface area contributed by atoms with Gasteiger partial charge in [-0.05, 0) is 29.8 Å². The molecule has 0 amide bonds. The van der Waals surface area contributed by atoms with Crippen LogP contribution in [0.5, 0.6) is 0 Å². The molecule has 3 rings (SSSR count). The second-order valence-electron chi connectivity index (χ2n) is 4.09. The number of aromatic amines is 1. The lowest BCUT2D eigenvalue weighted by Crippen LogP contribution is -2.11. The summed E-state index contributed by atoms with van der Waals surface area (Å²) in [6, 6.07) is 11.2. The fourth-order valence-corrected chi connectivity index (χ4v) is 1.81. The number of nitrogens with zero attached hydrogens (tertiary/aromatic N) is 2. The van der Waals surface area contributed by atoms with Crippen LogP contribution in [0.1, 0.15) is 11.3 Å². The Morgan fingerprint density at radius 3 is 2.79 bits per heavy atom. The molecule has 1 N–H and O–H groups in total. The summed E-state index contributed by atoms with van der Waals surface area (Å²) in [5.41, 5.74) is 2.64. The molecule has 3 aromatic rings. The van der Waals surface area contributed by atoms with Crippen LogP contribution in [0.3, 0.4) is 0 Å². The molecule has 0 saturated heterocycles. The van der Waals surface area contributed by atoms with E-state index in [9.17, 15) is 4.79 Å². The van der Waals surface area contributed by atoms with Gasteiger partial charge < -0.3 is 4.98 Å². The van der Waals surface area contributed by atoms with Gasteiger partial charge in [-0.1, -0.05) is 24.3 Å². The van der Waals surface area contributed by atoms with Gasteiger partial charge in [-0.25, -0.2) is 4.98 Å². The van der Waals surface area contributed by atoms with Crippen molar-refractivity contribution in [1.29, 1.82) is 0 Å². The molecule has 19 heavy (non-hydrogen) atoms. The van der Waals surface area contributed by atoms with E-state index < -0.39 is 0 Å². The van der Waals surface area contributed by atoms with Crippen LogP contribution in [0, 0.1) is 0 Å². The predicted octanol–water partition coefficient (Wildman–Crippen LogP) is 2.49. The zero-order valence-corrected chi connectivity index (χ0v) is 10.1. The first-order chi connectivity index (χ1) is 9.33. The minimum Gasteiger partial charge on any atom is -0.319 e. The van der Waals surface area contributed by atoms with Crippen molar-refractivity contribution in [2.24, 2.45) is 0 Å². The highest BCUT2D eigenvalue weighted by atomic mass is 16.1. The van der Waals surface area contributed by atoms with Crippen molar-refractivity contribution in [3.05, 3.63) is 70.4 Å². The number of para-hydroxylation sites is 2. The van der Waals surface area contributed by atoms with E-state index in [1.165, 1.54) is 0 Å². The van der Waals surface area contributed by atoms with E-state index in [-0.39, 0.29) is 5.56 Å². The van der Waals surface area contributed by atoms with Gasteiger partial charge in [0.1, 0.15) is 5.69 Å². The van der Waals surface area contributed by atoms with Crippen molar-refractivity contribution < 1.29 is 0 Å². The van der Waals surface area contributed by atoms with Crippen molar-refractivity contribution in [2.75, 3.05) is 0 Å². The van der Waals surface area contributed by atoms with Crippen molar-refractivity contribution in [1.82, 2.24) is 15.0 Å². The molecule has 0 aliphatic carbocycles. The molecule has 4 nitrogen and oxygen atoms in total. The van der Waals surface area contributed by atoms with Gasteiger partial charge in [0.25, 0.3) is 5.56 Å². The first kappa shape index (κ1) is 11.3. The highest BCUT2D eigenvalue weighted by Crippen LogP contribution is 2.08. The number of aromatic nitrogens is 3. The summed E-state index contributed by atoms with van der Waals surface area (Å²) in [5, 5.41) is 0. The van der Waals surface area contributed by atoms with E-state index in [0.29, 0.717) is 5.69 Å². The Hall–Kier alpha value is -2.75. The maximum atomic E-state index is 11.9. The Morgan fingerprint density at radius 2 is 1.95 bits per heavy atom. The molecule has 2 heterocycles. The Labute approximate surface area is 109 Å². The summed E-state index contributed by atoms with van der Waals surface area (Å²) < 4.78 is 0. The van der Waals surface area contributed by atoms with Gasteiger partial charge in [0.2, 0.25) is 0 Å². The Kier molecular flexibility index (Phi) is 2.90. The molecule has 0 radical (unpaired) electrons. The van der Waals surface area contributed by atoms with Crippen LogP contribution in [0.15, 0.2) is 53.6 Å². The Balaban J connectivity index is 2.04. The van der Waals surface area contributed by atoms with E-state index in [0.717, 1.165) is 16.6 Å². The first-order valence-electron chi connectivity index (χ1n) is 5.90. The number of hydrogen-bond donors (Lipinski definition) is 1. The van der Waals surface area contributed by atoms with E-state index in [1.807, 2.05) is 42.5 Å². The maximum absolute atomic E-state index is 11.9. The SMILES string of the molecule is O=c1[nH]c2ccccc2nc1C=Cc1cccnc1. The van der Waals surface area contributed by atoms with Crippen LogP contribution in [-0.4, -0.2) is 15.0 Å². The fraction of sp³-hybridized carbons (Fsp3) is 0. The normalized spacial score (nSPS) is 11.2. The Bertz CT molecular complexity index is 791. The van der Waals surface area contributed by atoms with Gasteiger partial charge in [0.05, 0.1) is 11.0 Å². The molecule has 1 aromatic carbocycles. The summed E-state index contributed by atoms with van der Waals surface area (Å²) in [4.78, 5) is 23.0. The minimum atomic E-state index is -0.196. The lowest BCUT2D eigenvalue weighted by atomic mass is 10.2. The molecule has 0 atom stereocenters. The number of hydrogen-bond acceptors (Lipinski definition) is 3. The number of pyridine rings is 1. The molecule has 0 saturated carbocycles. The van der Waals surface area contributed by atoms with E-state index in [4.69, 9.17) is 0 Å². The number of H-pyrrole nitrogens is 1. The van der Waals surface area contributed by atoms with Gasteiger partial charge in [-0.15, -0.1) is 0 Å². The average Bonchev–Trinajstić information content (AvgIpc) is 2.46. The largest absolute Gasteiger partial charge is 0.319 e. The molecule has 2 aromatic heterocycles. The third-order valence-corrected chi connectivity index (χ3v) is 2.74. The minimum absolute atomic E-state index is 0.196. The van der Waals surface area contributed by atoms with Crippen molar-refractivity contribution >= 4 is 23.2 Å². The molecular formula is C15H11N3O. The average molecular weight is 249 g/mol. The van der Waals surface area contributed by atoms with Crippen LogP contribution >= 0.6 is 0 Å². The lowest BCUT2D eigenvalue weighted by Gasteiger charge is -1.98. The van der Waals surface area contributed by atoms with Gasteiger partial charge in [0.15, 0.2) is 0 Å². The molecule has 92 valence electrons. The quantitative estimate of drug-likeness (QED) is 0.759. The van der Waals surface area contributed by atoms with E-state index >= 15 is 0 Å². The molecule has 0 fully saturated rings. The van der Waals surface area contributed by atoms with Crippen LogP contribution in [0.25, 0.3) is 23.2 Å². The number of fused-ring (bicyclic) bond motifs is 1. The third-order valence-electron chi connectivity index (χ3n) is 2.74. The van der Waals surface area contributed by atoms with Crippen LogP contribution in [0.4, 0.5) is 0 Å². The summed E-state index contributed by atoms with van der Waals surface area (Å²) in [6.45, 7) is 0.